The molecule has 0 aliphatic carbocycles. The van der Waals surface area contributed by atoms with E-state index in [1.807, 2.05) is 40.1 Å². The van der Waals surface area contributed by atoms with Crippen LogP contribution in [0.5, 0.6) is 0 Å². The molecule has 0 bridgehead atoms. The fraction of sp³-hybridized carbons (Fsp3) is 0.375. The summed E-state index contributed by atoms with van der Waals surface area (Å²) in [5.74, 6) is 0.387. The Labute approximate surface area is 172 Å². The van der Waals surface area contributed by atoms with E-state index < -0.39 is 0 Å². The first-order valence-corrected chi connectivity index (χ1v) is 10.3. The number of piperidine rings is 1. The van der Waals surface area contributed by atoms with Gasteiger partial charge in [-0.25, -0.2) is 0 Å². The van der Waals surface area contributed by atoms with Gasteiger partial charge in [-0.2, -0.15) is 0 Å². The van der Waals surface area contributed by atoms with E-state index in [9.17, 15) is 9.59 Å². The van der Waals surface area contributed by atoms with Gasteiger partial charge in [-0.05, 0) is 30.0 Å². The molecule has 0 radical (unpaired) electrons. The minimum atomic E-state index is 0.0305. The van der Waals surface area contributed by atoms with E-state index in [-0.39, 0.29) is 17.2 Å². The Morgan fingerprint density at radius 1 is 1.10 bits per heavy atom. The van der Waals surface area contributed by atoms with Crippen LogP contribution in [0, 0.1) is 5.41 Å². The molecule has 4 rings (SSSR count). The van der Waals surface area contributed by atoms with Crippen molar-refractivity contribution in [1.82, 2.24) is 14.8 Å². The lowest BCUT2D eigenvalue weighted by Gasteiger charge is -2.38. The highest BCUT2D eigenvalue weighted by Crippen LogP contribution is 2.41. The third kappa shape index (κ3) is 4.73. The van der Waals surface area contributed by atoms with Gasteiger partial charge in [-0.15, -0.1) is 0 Å². The number of aromatic nitrogens is 1. The molecule has 1 aromatic heterocycles. The quantitative estimate of drug-likeness (QED) is 0.789. The number of carbonyl (C=O) groups is 2. The van der Waals surface area contributed by atoms with Crippen molar-refractivity contribution in [1.29, 1.82) is 0 Å². The van der Waals surface area contributed by atoms with E-state index in [2.05, 4.69) is 29.3 Å². The number of hydrogen-bond acceptors (Lipinski definition) is 3. The van der Waals surface area contributed by atoms with E-state index in [4.69, 9.17) is 0 Å². The number of hydrogen-bond donors (Lipinski definition) is 0. The van der Waals surface area contributed by atoms with Gasteiger partial charge in [0.2, 0.25) is 11.8 Å². The summed E-state index contributed by atoms with van der Waals surface area (Å²) in [6.45, 7) is 2.93. The van der Waals surface area contributed by atoms with Crippen molar-refractivity contribution < 1.29 is 9.59 Å². The Bertz CT molecular complexity index is 872. The Morgan fingerprint density at radius 3 is 2.62 bits per heavy atom. The summed E-state index contributed by atoms with van der Waals surface area (Å²) < 4.78 is 0. The minimum absolute atomic E-state index is 0.0305. The van der Waals surface area contributed by atoms with Crippen LogP contribution >= 0.6 is 0 Å². The van der Waals surface area contributed by atoms with E-state index in [1.54, 1.807) is 12.4 Å². The molecule has 1 aromatic carbocycles. The van der Waals surface area contributed by atoms with Crippen molar-refractivity contribution in [3.05, 3.63) is 72.1 Å². The molecule has 5 heteroatoms. The van der Waals surface area contributed by atoms with Crippen LogP contribution in [0.15, 0.2) is 60.9 Å². The largest absolute Gasteiger partial charge is 0.342 e. The molecule has 2 saturated heterocycles. The van der Waals surface area contributed by atoms with Crippen molar-refractivity contribution in [3.63, 3.8) is 0 Å². The summed E-state index contributed by atoms with van der Waals surface area (Å²) in [4.78, 5) is 33.1. The molecular weight excluding hydrogens is 362 g/mol. The average molecular weight is 389 g/mol. The van der Waals surface area contributed by atoms with Crippen molar-refractivity contribution in [3.8, 4) is 0 Å². The van der Waals surface area contributed by atoms with Crippen molar-refractivity contribution >= 4 is 17.9 Å². The van der Waals surface area contributed by atoms with Crippen LogP contribution < -0.4 is 0 Å². The summed E-state index contributed by atoms with van der Waals surface area (Å²) in [7, 11) is 0. The molecular formula is C24H27N3O2. The molecule has 3 heterocycles. The SMILES string of the molecule is O=C(Cc1cccnc1)N1CCC2(CC1)CC(=O)N(C/C=C/c1ccccc1)C2. The molecule has 150 valence electrons. The first-order chi connectivity index (χ1) is 14.1. The first kappa shape index (κ1) is 19.4. The highest BCUT2D eigenvalue weighted by Gasteiger charge is 2.44. The normalized spacial score (nSPS) is 18.7. The van der Waals surface area contributed by atoms with Gasteiger partial charge in [0.1, 0.15) is 0 Å². The molecule has 2 aromatic rings. The monoisotopic (exact) mass is 389 g/mol. The summed E-state index contributed by atoms with van der Waals surface area (Å²) in [5.41, 5.74) is 2.13. The van der Waals surface area contributed by atoms with Gasteiger partial charge < -0.3 is 9.80 Å². The van der Waals surface area contributed by atoms with Crippen LogP contribution in [0.2, 0.25) is 0 Å². The molecule has 2 aliphatic rings. The second-order valence-electron chi connectivity index (χ2n) is 8.18. The van der Waals surface area contributed by atoms with Crippen LogP contribution in [0.4, 0.5) is 0 Å². The fourth-order valence-electron chi connectivity index (χ4n) is 4.38. The minimum Gasteiger partial charge on any atom is -0.342 e. The summed E-state index contributed by atoms with van der Waals surface area (Å²) in [6.07, 6.45) is 10.4. The van der Waals surface area contributed by atoms with Crippen LogP contribution in [0.3, 0.4) is 0 Å². The molecule has 2 amide bonds. The number of likely N-dealkylation sites (tertiary alicyclic amines) is 2. The number of rotatable bonds is 5. The van der Waals surface area contributed by atoms with Gasteiger partial charge in [0.15, 0.2) is 0 Å². The van der Waals surface area contributed by atoms with Crippen molar-refractivity contribution in [2.24, 2.45) is 5.41 Å². The standard InChI is InChI=1S/C24H27N3O2/c28-22(16-21-8-4-12-25-18-21)26-14-10-24(11-15-26)17-23(29)27(19-24)13-5-9-20-6-2-1-3-7-20/h1-9,12,18H,10-11,13-17,19H2/b9-5+. The fourth-order valence-corrected chi connectivity index (χ4v) is 4.38. The molecule has 29 heavy (non-hydrogen) atoms. The Morgan fingerprint density at radius 2 is 1.90 bits per heavy atom. The van der Waals surface area contributed by atoms with E-state index in [0.29, 0.717) is 19.4 Å². The zero-order valence-corrected chi connectivity index (χ0v) is 16.7. The van der Waals surface area contributed by atoms with Crippen LogP contribution in [0.25, 0.3) is 6.08 Å². The second kappa shape index (κ2) is 8.60. The highest BCUT2D eigenvalue weighted by atomic mass is 16.2. The highest BCUT2D eigenvalue weighted by molar-refractivity contribution is 5.81. The van der Waals surface area contributed by atoms with Gasteiger partial charge in [-0.1, -0.05) is 48.6 Å². The number of nitrogens with zero attached hydrogens (tertiary/aromatic N) is 3. The number of pyridine rings is 1. The van der Waals surface area contributed by atoms with Gasteiger partial charge in [0, 0.05) is 50.4 Å². The van der Waals surface area contributed by atoms with Crippen LogP contribution in [-0.2, 0) is 16.0 Å². The molecule has 0 saturated carbocycles. The van der Waals surface area contributed by atoms with Gasteiger partial charge in [-0.3, -0.25) is 14.6 Å². The molecule has 2 aliphatic heterocycles. The first-order valence-electron chi connectivity index (χ1n) is 10.3. The maximum atomic E-state index is 12.6. The molecule has 5 nitrogen and oxygen atoms in total. The zero-order valence-electron chi connectivity index (χ0n) is 16.7. The summed E-state index contributed by atoms with van der Waals surface area (Å²) in [6, 6.07) is 13.9. The molecule has 0 N–H and O–H groups in total. The molecule has 0 atom stereocenters. The molecule has 2 fully saturated rings. The Balaban J connectivity index is 1.29. The lowest BCUT2D eigenvalue weighted by atomic mass is 9.77. The predicted octanol–water partition coefficient (Wildman–Crippen LogP) is 3.18. The average Bonchev–Trinajstić information content (AvgIpc) is 3.04. The van der Waals surface area contributed by atoms with E-state index >= 15 is 0 Å². The summed E-state index contributed by atoms with van der Waals surface area (Å²) >= 11 is 0. The van der Waals surface area contributed by atoms with Crippen LogP contribution in [0.1, 0.15) is 30.4 Å². The Kier molecular flexibility index (Phi) is 5.74. The lowest BCUT2D eigenvalue weighted by molar-refractivity contribution is -0.132. The number of amides is 2. The predicted molar refractivity (Wildman–Crippen MR) is 113 cm³/mol. The van der Waals surface area contributed by atoms with Crippen molar-refractivity contribution in [2.75, 3.05) is 26.2 Å². The van der Waals surface area contributed by atoms with Gasteiger partial charge in [0.05, 0.1) is 6.42 Å². The smallest absolute Gasteiger partial charge is 0.227 e. The lowest BCUT2D eigenvalue weighted by Crippen LogP contribution is -2.44. The maximum Gasteiger partial charge on any atom is 0.227 e. The zero-order chi connectivity index (χ0) is 20.1. The third-order valence-electron chi connectivity index (χ3n) is 6.10. The molecule has 0 unspecified atom stereocenters. The maximum absolute atomic E-state index is 12.6. The summed E-state index contributed by atoms with van der Waals surface area (Å²) in [5, 5.41) is 0. The van der Waals surface area contributed by atoms with E-state index in [1.165, 1.54) is 0 Å². The van der Waals surface area contributed by atoms with Crippen molar-refractivity contribution in [2.45, 2.75) is 25.7 Å². The third-order valence-corrected chi connectivity index (χ3v) is 6.10. The molecule has 1 spiro atoms. The van der Waals surface area contributed by atoms with Gasteiger partial charge in [0.25, 0.3) is 0 Å². The second-order valence-corrected chi connectivity index (χ2v) is 8.18. The van der Waals surface area contributed by atoms with Gasteiger partial charge >= 0.3 is 0 Å². The Hall–Kier alpha value is -2.95. The number of carbonyl (C=O) groups excluding carboxylic acids is 2. The van der Waals surface area contributed by atoms with E-state index in [0.717, 1.165) is 43.6 Å². The topological polar surface area (TPSA) is 53.5 Å². The van der Waals surface area contributed by atoms with Crippen LogP contribution in [-0.4, -0.2) is 52.8 Å². The number of benzene rings is 1.